The van der Waals surface area contributed by atoms with Crippen molar-refractivity contribution in [2.75, 3.05) is 4.43 Å². The number of carbonyl (C=O) groups excluding carboxylic acids is 1. The smallest absolute Gasteiger partial charge is 0.139 e. The second kappa shape index (κ2) is 8.64. The summed E-state index contributed by atoms with van der Waals surface area (Å²) >= 11 is 2.19. The lowest BCUT2D eigenvalue weighted by molar-refractivity contribution is -0.125. The minimum Gasteiger partial charge on any atom is -0.388 e. The Hall–Kier alpha value is -0.420. The van der Waals surface area contributed by atoms with Gasteiger partial charge in [0.1, 0.15) is 5.78 Å². The normalized spacial score (nSPS) is 14.2. The van der Waals surface area contributed by atoms with Crippen molar-refractivity contribution < 1.29 is 9.90 Å². The maximum Gasteiger partial charge on any atom is 0.139 e. The molecule has 0 aromatic heterocycles. The zero-order valence-corrected chi connectivity index (χ0v) is 13.0. The molecule has 1 rings (SSSR count). The largest absolute Gasteiger partial charge is 0.388 e. The number of benzene rings is 1. The van der Waals surface area contributed by atoms with E-state index in [4.69, 9.17) is 0 Å². The van der Waals surface area contributed by atoms with Gasteiger partial charge in [0.05, 0.1) is 12.0 Å². The summed E-state index contributed by atoms with van der Waals surface area (Å²) in [5, 5.41) is 10.3. The number of alkyl halides is 1. The Balaban J connectivity index is 2.62. The number of carbonyl (C=O) groups is 1. The first-order chi connectivity index (χ1) is 8.70. The first-order valence-electron chi connectivity index (χ1n) is 6.52. The van der Waals surface area contributed by atoms with E-state index in [2.05, 4.69) is 29.5 Å². The Labute approximate surface area is 123 Å². The van der Waals surface area contributed by atoms with Crippen LogP contribution in [0.1, 0.15) is 44.3 Å². The van der Waals surface area contributed by atoms with Crippen LogP contribution in [0.3, 0.4) is 0 Å². The molecule has 0 unspecified atom stereocenters. The number of hydrogen-bond donors (Lipinski definition) is 1. The van der Waals surface area contributed by atoms with Gasteiger partial charge in [-0.15, -0.1) is 0 Å². The van der Waals surface area contributed by atoms with Crippen molar-refractivity contribution in [1.29, 1.82) is 0 Å². The topological polar surface area (TPSA) is 37.3 Å². The Kier molecular flexibility index (Phi) is 7.51. The molecule has 1 aromatic carbocycles. The summed E-state index contributed by atoms with van der Waals surface area (Å²) in [6.07, 6.45) is 3.05. The maximum atomic E-state index is 12.1. The lowest BCUT2D eigenvalue weighted by Gasteiger charge is -2.20. The summed E-state index contributed by atoms with van der Waals surface area (Å²) in [5.41, 5.74) is 0.836. The molecule has 1 N–H and O–H groups in total. The molecule has 0 amide bonds. The number of aliphatic hydroxyl groups excluding tert-OH is 1. The summed E-state index contributed by atoms with van der Waals surface area (Å²) < 4.78 is 0.665. The van der Waals surface area contributed by atoms with Gasteiger partial charge in [0.25, 0.3) is 0 Å². The minimum atomic E-state index is -0.669. The van der Waals surface area contributed by atoms with Gasteiger partial charge in [0, 0.05) is 10.8 Å². The highest BCUT2D eigenvalue weighted by Crippen LogP contribution is 2.26. The van der Waals surface area contributed by atoms with Gasteiger partial charge in [0.2, 0.25) is 0 Å². The molecule has 1 aromatic rings. The van der Waals surface area contributed by atoms with Crippen molar-refractivity contribution in [2.45, 2.75) is 38.7 Å². The van der Waals surface area contributed by atoms with Crippen LogP contribution in [0, 0.1) is 5.92 Å². The van der Waals surface area contributed by atoms with Crippen LogP contribution < -0.4 is 0 Å². The van der Waals surface area contributed by atoms with E-state index in [1.165, 1.54) is 0 Å². The zero-order valence-electron chi connectivity index (χ0n) is 10.8. The highest BCUT2D eigenvalue weighted by Gasteiger charge is 2.26. The standard InChI is InChI=1S/C15H21IO2/c1-2-3-5-10-14(17)13(11-16)15(18)12-8-6-4-7-9-12/h4,6-9,13,15,18H,2-3,5,10-11H2,1H3/t13-,15-/m0/s1. The lowest BCUT2D eigenvalue weighted by atomic mass is 9.91. The van der Waals surface area contributed by atoms with Crippen LogP contribution in [0.25, 0.3) is 0 Å². The molecular weight excluding hydrogens is 339 g/mol. The summed E-state index contributed by atoms with van der Waals surface area (Å²) in [6, 6.07) is 9.46. The van der Waals surface area contributed by atoms with Gasteiger partial charge < -0.3 is 5.11 Å². The highest BCUT2D eigenvalue weighted by atomic mass is 127. The molecule has 0 heterocycles. The molecule has 3 heteroatoms. The predicted octanol–water partition coefficient (Wildman–Crippen LogP) is 3.92. The average Bonchev–Trinajstić information content (AvgIpc) is 2.41. The summed E-state index contributed by atoms with van der Waals surface area (Å²) in [4.78, 5) is 12.1. The van der Waals surface area contributed by atoms with Crippen LogP contribution in [-0.2, 0) is 4.79 Å². The Morgan fingerprint density at radius 2 is 1.94 bits per heavy atom. The number of Topliss-reactive ketones (excluding diaryl/α,β-unsaturated/α-hetero) is 1. The lowest BCUT2D eigenvalue weighted by Crippen LogP contribution is -2.23. The molecule has 18 heavy (non-hydrogen) atoms. The van der Waals surface area contributed by atoms with Crippen molar-refractivity contribution in [3.05, 3.63) is 35.9 Å². The van der Waals surface area contributed by atoms with Crippen LogP contribution in [0.5, 0.6) is 0 Å². The number of hydrogen-bond acceptors (Lipinski definition) is 2. The Morgan fingerprint density at radius 3 is 2.50 bits per heavy atom. The number of unbranched alkanes of at least 4 members (excludes halogenated alkanes) is 2. The number of ketones is 1. The fourth-order valence-electron chi connectivity index (χ4n) is 1.96. The summed E-state index contributed by atoms with van der Waals surface area (Å²) in [6.45, 7) is 2.12. The molecule has 0 aliphatic rings. The molecule has 100 valence electrons. The van der Waals surface area contributed by atoms with Crippen molar-refractivity contribution in [2.24, 2.45) is 5.92 Å². The van der Waals surface area contributed by atoms with Gasteiger partial charge in [-0.3, -0.25) is 4.79 Å². The van der Waals surface area contributed by atoms with Crippen molar-refractivity contribution in [3.8, 4) is 0 Å². The molecule has 0 aliphatic carbocycles. The van der Waals surface area contributed by atoms with Gasteiger partial charge in [-0.25, -0.2) is 0 Å². The second-order valence-corrected chi connectivity index (χ2v) is 5.42. The van der Waals surface area contributed by atoms with Crippen molar-refractivity contribution in [1.82, 2.24) is 0 Å². The van der Waals surface area contributed by atoms with E-state index in [0.29, 0.717) is 10.8 Å². The quantitative estimate of drug-likeness (QED) is 0.434. The SMILES string of the molecule is CCCCCC(=O)[C@H](CI)[C@@H](O)c1ccccc1. The number of halogens is 1. The minimum absolute atomic E-state index is 0.189. The van der Waals surface area contributed by atoms with Crippen LogP contribution in [0.2, 0.25) is 0 Å². The molecule has 0 fully saturated rings. The van der Waals surface area contributed by atoms with Gasteiger partial charge in [-0.2, -0.15) is 0 Å². The van der Waals surface area contributed by atoms with Gasteiger partial charge in [-0.1, -0.05) is 72.7 Å². The van der Waals surface area contributed by atoms with E-state index in [-0.39, 0.29) is 11.7 Å². The third-order valence-electron chi connectivity index (χ3n) is 3.13. The van der Waals surface area contributed by atoms with Crippen molar-refractivity contribution in [3.63, 3.8) is 0 Å². The molecule has 0 saturated heterocycles. The zero-order chi connectivity index (χ0) is 13.4. The van der Waals surface area contributed by atoms with E-state index < -0.39 is 6.10 Å². The average molecular weight is 360 g/mol. The first-order valence-corrected chi connectivity index (χ1v) is 8.05. The van der Waals surface area contributed by atoms with E-state index in [1.807, 2.05) is 30.3 Å². The van der Waals surface area contributed by atoms with Crippen LogP contribution in [0.15, 0.2) is 30.3 Å². The molecule has 2 atom stereocenters. The second-order valence-electron chi connectivity index (χ2n) is 4.54. The van der Waals surface area contributed by atoms with Crippen LogP contribution in [-0.4, -0.2) is 15.3 Å². The van der Waals surface area contributed by atoms with Gasteiger partial charge in [0.15, 0.2) is 0 Å². The number of rotatable bonds is 8. The van der Waals surface area contributed by atoms with E-state index in [0.717, 1.165) is 24.8 Å². The van der Waals surface area contributed by atoms with Gasteiger partial charge >= 0.3 is 0 Å². The first kappa shape index (κ1) is 15.6. The van der Waals surface area contributed by atoms with Gasteiger partial charge in [-0.05, 0) is 12.0 Å². The predicted molar refractivity (Wildman–Crippen MR) is 82.9 cm³/mol. The monoisotopic (exact) mass is 360 g/mol. The fourth-order valence-corrected chi connectivity index (χ4v) is 2.94. The van der Waals surface area contributed by atoms with E-state index >= 15 is 0 Å². The van der Waals surface area contributed by atoms with E-state index in [9.17, 15) is 9.90 Å². The third-order valence-corrected chi connectivity index (χ3v) is 4.08. The van der Waals surface area contributed by atoms with E-state index in [1.54, 1.807) is 0 Å². The van der Waals surface area contributed by atoms with Crippen LogP contribution >= 0.6 is 22.6 Å². The molecule has 2 nitrogen and oxygen atoms in total. The highest BCUT2D eigenvalue weighted by molar-refractivity contribution is 14.1. The Bertz CT molecular complexity index is 351. The van der Waals surface area contributed by atoms with Crippen LogP contribution in [0.4, 0.5) is 0 Å². The molecule has 0 spiro atoms. The molecule has 0 bridgehead atoms. The summed E-state index contributed by atoms with van der Waals surface area (Å²) in [5.74, 6) is -0.0842. The maximum absolute atomic E-state index is 12.1. The molecular formula is C15H21IO2. The molecule has 0 radical (unpaired) electrons. The summed E-state index contributed by atoms with van der Waals surface area (Å²) in [7, 11) is 0. The fraction of sp³-hybridized carbons (Fsp3) is 0.533. The third kappa shape index (κ3) is 4.69. The molecule has 0 aliphatic heterocycles. The number of aliphatic hydroxyl groups is 1. The Morgan fingerprint density at radius 1 is 1.28 bits per heavy atom. The van der Waals surface area contributed by atoms with Crippen molar-refractivity contribution >= 4 is 28.4 Å². The molecule has 0 saturated carbocycles.